The van der Waals surface area contributed by atoms with Gasteiger partial charge in [-0.05, 0) is 25.0 Å². The minimum absolute atomic E-state index is 0.0148. The van der Waals surface area contributed by atoms with Gasteiger partial charge in [0.15, 0.2) is 5.78 Å². The van der Waals surface area contributed by atoms with E-state index in [9.17, 15) is 4.79 Å². The van der Waals surface area contributed by atoms with Crippen LogP contribution in [0.15, 0.2) is 17.3 Å². The summed E-state index contributed by atoms with van der Waals surface area (Å²) in [6.07, 6.45) is 3.79. The Balaban J connectivity index is 3.35. The van der Waals surface area contributed by atoms with E-state index in [2.05, 4.69) is 10.0 Å². The van der Waals surface area contributed by atoms with Crippen LogP contribution in [0, 0.1) is 0 Å². The Kier molecular flexibility index (Phi) is 5.10. The summed E-state index contributed by atoms with van der Waals surface area (Å²) < 4.78 is 0. The topological polar surface area (TPSA) is 65.8 Å². The molecule has 0 N–H and O–H groups in total. The van der Waals surface area contributed by atoms with E-state index in [4.69, 9.17) is 5.53 Å². The molecule has 4 heteroatoms. The van der Waals surface area contributed by atoms with Gasteiger partial charge in [0, 0.05) is 11.5 Å². The third-order valence-corrected chi connectivity index (χ3v) is 0.812. The molecule has 0 saturated heterocycles. The number of ketones is 1. The molecule has 0 bridgehead atoms. The summed E-state index contributed by atoms with van der Waals surface area (Å²) in [7, 11) is 0. The van der Waals surface area contributed by atoms with Gasteiger partial charge >= 0.3 is 0 Å². The van der Waals surface area contributed by atoms with Crippen molar-refractivity contribution in [2.24, 2.45) is 5.11 Å². The van der Waals surface area contributed by atoms with Gasteiger partial charge in [0.1, 0.15) is 0 Å². The summed E-state index contributed by atoms with van der Waals surface area (Å²) in [5.74, 6) is 0.0148. The van der Waals surface area contributed by atoms with E-state index in [1.54, 1.807) is 6.08 Å². The Morgan fingerprint density at radius 2 is 2.50 bits per heavy atom. The molecule has 0 atom stereocenters. The fourth-order valence-corrected chi connectivity index (χ4v) is 0.426. The summed E-state index contributed by atoms with van der Waals surface area (Å²) >= 11 is 0. The third kappa shape index (κ3) is 6.72. The second-order valence-electron chi connectivity index (χ2n) is 1.76. The van der Waals surface area contributed by atoms with Gasteiger partial charge < -0.3 is 0 Å². The number of rotatable bonds is 4. The van der Waals surface area contributed by atoms with Crippen molar-refractivity contribution in [2.75, 3.05) is 6.54 Å². The van der Waals surface area contributed by atoms with Crippen molar-refractivity contribution in [1.29, 1.82) is 0 Å². The van der Waals surface area contributed by atoms with Gasteiger partial charge in [-0.15, -0.1) is 0 Å². The van der Waals surface area contributed by atoms with Crippen LogP contribution in [-0.4, -0.2) is 12.3 Å². The van der Waals surface area contributed by atoms with Crippen molar-refractivity contribution >= 4 is 5.78 Å². The molecule has 0 unspecified atom stereocenters. The second-order valence-corrected chi connectivity index (χ2v) is 1.76. The number of carbonyl (C=O) groups excluding carboxylic acids is 1. The first kappa shape index (κ1) is 8.72. The van der Waals surface area contributed by atoms with E-state index in [1.165, 1.54) is 13.0 Å². The van der Waals surface area contributed by atoms with Crippen molar-refractivity contribution in [3.05, 3.63) is 22.6 Å². The van der Waals surface area contributed by atoms with Crippen LogP contribution in [0.2, 0.25) is 0 Å². The molecule has 0 aromatic rings. The molecular weight excluding hydrogens is 130 g/mol. The molecule has 4 nitrogen and oxygen atoms in total. The maximum atomic E-state index is 10.3. The molecule has 0 rings (SSSR count). The number of azide groups is 1. The maximum absolute atomic E-state index is 10.3. The molecule has 0 aromatic heterocycles. The highest BCUT2D eigenvalue weighted by molar-refractivity contribution is 5.87. The summed E-state index contributed by atoms with van der Waals surface area (Å²) in [6.45, 7) is 1.89. The first-order valence-electron chi connectivity index (χ1n) is 2.95. The normalized spacial score (nSPS) is 9.30. The predicted octanol–water partition coefficient (Wildman–Crippen LogP) is 1.83. The van der Waals surface area contributed by atoms with E-state index in [0.29, 0.717) is 13.0 Å². The molecule has 0 radical (unpaired) electrons. The van der Waals surface area contributed by atoms with E-state index in [1.807, 2.05) is 0 Å². The fraction of sp³-hybridized carbons (Fsp3) is 0.500. The fourth-order valence-electron chi connectivity index (χ4n) is 0.426. The van der Waals surface area contributed by atoms with Gasteiger partial charge in [0.05, 0.1) is 0 Å². The van der Waals surface area contributed by atoms with Crippen LogP contribution in [0.1, 0.15) is 13.3 Å². The van der Waals surface area contributed by atoms with Crippen molar-refractivity contribution in [2.45, 2.75) is 13.3 Å². The van der Waals surface area contributed by atoms with Gasteiger partial charge in [0.25, 0.3) is 0 Å². The number of allylic oxidation sites excluding steroid dienone is 1. The molecule has 0 aromatic carbocycles. The molecule has 0 spiro atoms. The average molecular weight is 139 g/mol. The third-order valence-electron chi connectivity index (χ3n) is 0.812. The molecule has 0 amide bonds. The molecule has 54 valence electrons. The highest BCUT2D eigenvalue weighted by atomic mass is 16.1. The largest absolute Gasteiger partial charge is 0.295 e. The van der Waals surface area contributed by atoms with E-state index in [-0.39, 0.29) is 5.78 Å². The van der Waals surface area contributed by atoms with Crippen LogP contribution in [0.3, 0.4) is 0 Å². The lowest BCUT2D eigenvalue weighted by atomic mass is 10.3. The van der Waals surface area contributed by atoms with Crippen LogP contribution < -0.4 is 0 Å². The molecule has 0 aliphatic carbocycles. The van der Waals surface area contributed by atoms with E-state index < -0.39 is 0 Å². The number of nitrogens with zero attached hydrogens (tertiary/aromatic N) is 3. The van der Waals surface area contributed by atoms with E-state index >= 15 is 0 Å². The first-order valence-corrected chi connectivity index (χ1v) is 2.95. The minimum Gasteiger partial charge on any atom is -0.295 e. The minimum atomic E-state index is 0.0148. The lowest BCUT2D eigenvalue weighted by Gasteiger charge is -1.81. The monoisotopic (exact) mass is 139 g/mol. The highest BCUT2D eigenvalue weighted by Gasteiger charge is 1.80. The highest BCUT2D eigenvalue weighted by Crippen LogP contribution is 1.84. The quantitative estimate of drug-likeness (QED) is 0.192. The summed E-state index contributed by atoms with van der Waals surface area (Å²) in [5, 5.41) is 3.29. The van der Waals surface area contributed by atoms with Gasteiger partial charge in [-0.1, -0.05) is 11.2 Å². The molecule has 0 aliphatic rings. The first-order chi connectivity index (χ1) is 4.77. The number of carbonyl (C=O) groups is 1. The van der Waals surface area contributed by atoms with Crippen LogP contribution in [0.5, 0.6) is 0 Å². The van der Waals surface area contributed by atoms with E-state index in [0.717, 1.165) is 0 Å². The van der Waals surface area contributed by atoms with Gasteiger partial charge in [-0.3, -0.25) is 4.79 Å². The lowest BCUT2D eigenvalue weighted by Crippen LogP contribution is -1.80. The van der Waals surface area contributed by atoms with Gasteiger partial charge in [-0.25, -0.2) is 0 Å². The molecular formula is C6H9N3O. The average Bonchev–Trinajstić information content (AvgIpc) is 1.87. The summed E-state index contributed by atoms with van der Waals surface area (Å²) in [5.41, 5.74) is 7.84. The Labute approximate surface area is 59.2 Å². The smallest absolute Gasteiger partial charge is 0.152 e. The Bertz CT molecular complexity index is 179. The standard InChI is InChI=1S/C6H9N3O/c1-6(10)4-2-3-5-8-9-7/h2,4H,3,5H2,1H3/b4-2+. The second kappa shape index (κ2) is 5.85. The van der Waals surface area contributed by atoms with Gasteiger partial charge in [0.2, 0.25) is 0 Å². The Morgan fingerprint density at radius 1 is 1.80 bits per heavy atom. The molecule has 0 aliphatic heterocycles. The SMILES string of the molecule is CC(=O)/C=C/CCN=[N+]=[N-]. The number of hydrogen-bond acceptors (Lipinski definition) is 2. The van der Waals surface area contributed by atoms with Crippen LogP contribution in [-0.2, 0) is 4.79 Å². The van der Waals surface area contributed by atoms with Crippen LogP contribution >= 0.6 is 0 Å². The molecule has 0 fully saturated rings. The zero-order valence-electron chi connectivity index (χ0n) is 5.82. The maximum Gasteiger partial charge on any atom is 0.152 e. The molecule has 0 saturated carbocycles. The molecule has 10 heavy (non-hydrogen) atoms. The van der Waals surface area contributed by atoms with Crippen LogP contribution in [0.4, 0.5) is 0 Å². The Hall–Kier alpha value is -1.28. The van der Waals surface area contributed by atoms with Crippen molar-refractivity contribution in [3.63, 3.8) is 0 Å². The van der Waals surface area contributed by atoms with Crippen molar-refractivity contribution < 1.29 is 4.79 Å². The van der Waals surface area contributed by atoms with Crippen molar-refractivity contribution in [3.8, 4) is 0 Å². The Morgan fingerprint density at radius 3 is 3.00 bits per heavy atom. The van der Waals surface area contributed by atoms with Crippen molar-refractivity contribution in [1.82, 2.24) is 0 Å². The van der Waals surface area contributed by atoms with Crippen LogP contribution in [0.25, 0.3) is 10.4 Å². The van der Waals surface area contributed by atoms with Gasteiger partial charge in [-0.2, -0.15) is 0 Å². The summed E-state index contributed by atoms with van der Waals surface area (Å²) in [4.78, 5) is 12.8. The predicted molar refractivity (Wildman–Crippen MR) is 38.5 cm³/mol. The molecule has 0 heterocycles. The zero-order valence-corrected chi connectivity index (χ0v) is 5.82. The zero-order chi connectivity index (χ0) is 7.82. The number of hydrogen-bond donors (Lipinski definition) is 0. The summed E-state index contributed by atoms with van der Waals surface area (Å²) in [6, 6.07) is 0. The lowest BCUT2D eigenvalue weighted by molar-refractivity contribution is -0.112.